The van der Waals surface area contributed by atoms with Crippen LogP contribution in [0.25, 0.3) is 0 Å². The highest BCUT2D eigenvalue weighted by atomic mass is 35.5. The first-order chi connectivity index (χ1) is 16.7. The number of rotatable bonds is 3. The highest BCUT2D eigenvalue weighted by Gasteiger charge is 2.52. The fourth-order valence-corrected chi connectivity index (χ4v) is 6.79. The van der Waals surface area contributed by atoms with Gasteiger partial charge < -0.3 is 15.2 Å². The Morgan fingerprint density at radius 2 is 2.06 bits per heavy atom. The van der Waals surface area contributed by atoms with Gasteiger partial charge in [-0.2, -0.15) is 0 Å². The summed E-state index contributed by atoms with van der Waals surface area (Å²) in [6, 6.07) is 14.6. The number of amides is 1. The topological polar surface area (TPSA) is 73.9 Å². The lowest BCUT2D eigenvalue weighted by Crippen LogP contribution is -2.50. The number of hydrogen-bond donors (Lipinski definition) is 2. The van der Waals surface area contributed by atoms with Crippen molar-refractivity contribution in [3.63, 3.8) is 0 Å². The summed E-state index contributed by atoms with van der Waals surface area (Å²) in [4.78, 5) is 28.9. The maximum Gasteiger partial charge on any atom is 0.228 e. The average molecular weight is 476 g/mol. The van der Waals surface area contributed by atoms with Gasteiger partial charge in [-0.05, 0) is 55.2 Å². The maximum absolute atomic E-state index is 14.3. The van der Waals surface area contributed by atoms with Crippen molar-refractivity contribution in [2.24, 2.45) is 5.92 Å². The van der Waals surface area contributed by atoms with Gasteiger partial charge in [-0.3, -0.25) is 4.79 Å². The van der Waals surface area contributed by atoms with Gasteiger partial charge in [-0.25, -0.2) is 9.97 Å². The number of nitrogens with zero attached hydrogens (tertiary/aromatic N) is 3. The van der Waals surface area contributed by atoms with Crippen molar-refractivity contribution < 1.29 is 4.79 Å². The molecular weight excluding hydrogens is 446 g/mol. The van der Waals surface area contributed by atoms with Crippen molar-refractivity contribution >= 4 is 17.5 Å². The van der Waals surface area contributed by atoms with Gasteiger partial charge in [-0.1, -0.05) is 48.0 Å². The quantitative estimate of drug-likeness (QED) is 0.551. The van der Waals surface area contributed by atoms with Crippen LogP contribution >= 0.6 is 11.6 Å². The number of hydrogen-bond acceptors (Lipinski definition) is 4. The van der Waals surface area contributed by atoms with Gasteiger partial charge in [0.25, 0.3) is 0 Å². The second kappa shape index (κ2) is 8.82. The summed E-state index contributed by atoms with van der Waals surface area (Å²) in [7, 11) is 0. The monoisotopic (exact) mass is 475 g/mol. The van der Waals surface area contributed by atoms with Gasteiger partial charge in [0.05, 0.1) is 12.0 Å². The summed E-state index contributed by atoms with van der Waals surface area (Å²) in [5.41, 5.74) is 3.40. The van der Waals surface area contributed by atoms with Crippen LogP contribution in [0.3, 0.4) is 0 Å². The first-order valence-corrected chi connectivity index (χ1v) is 12.7. The second-order valence-electron chi connectivity index (χ2n) is 9.98. The van der Waals surface area contributed by atoms with Gasteiger partial charge in [0, 0.05) is 43.1 Å². The molecule has 4 atom stereocenters. The number of imidazole rings is 1. The first-order valence-electron chi connectivity index (χ1n) is 12.4. The highest BCUT2D eigenvalue weighted by molar-refractivity contribution is 6.29. The molecule has 4 heterocycles. The molecule has 6 nitrogen and oxygen atoms in total. The zero-order valence-corrected chi connectivity index (χ0v) is 20.0. The Balaban J connectivity index is 1.33. The lowest BCUT2D eigenvalue weighted by Gasteiger charge is -2.44. The van der Waals surface area contributed by atoms with Gasteiger partial charge in [0.2, 0.25) is 5.91 Å². The smallest absolute Gasteiger partial charge is 0.228 e. The van der Waals surface area contributed by atoms with E-state index in [4.69, 9.17) is 11.6 Å². The Hall–Kier alpha value is -2.70. The van der Waals surface area contributed by atoms with E-state index in [0.717, 1.165) is 56.7 Å². The largest absolute Gasteiger partial charge is 0.347 e. The lowest BCUT2D eigenvalue weighted by molar-refractivity contribution is -0.141. The number of carbonyl (C=O) groups is 1. The molecule has 2 saturated heterocycles. The predicted octanol–water partition coefficient (Wildman–Crippen LogP) is 4.40. The zero-order valence-electron chi connectivity index (χ0n) is 19.2. The molecule has 3 aliphatic rings. The molecule has 7 heteroatoms. The number of H-pyrrole nitrogens is 1. The van der Waals surface area contributed by atoms with E-state index in [2.05, 4.69) is 61.6 Å². The number of halogens is 1. The first kappa shape index (κ1) is 21.8. The van der Waals surface area contributed by atoms with E-state index in [-0.39, 0.29) is 23.3 Å². The minimum absolute atomic E-state index is 0.0505. The molecule has 1 amide bonds. The summed E-state index contributed by atoms with van der Waals surface area (Å²) < 4.78 is 0. The molecule has 3 aromatic rings. The number of pyridine rings is 1. The van der Waals surface area contributed by atoms with E-state index in [0.29, 0.717) is 17.6 Å². The van der Waals surface area contributed by atoms with Crippen LogP contribution in [-0.4, -0.2) is 45.4 Å². The van der Waals surface area contributed by atoms with Gasteiger partial charge in [0.15, 0.2) is 0 Å². The number of carbonyl (C=O) groups excluding carboxylic acids is 1. The van der Waals surface area contributed by atoms with E-state index < -0.39 is 0 Å². The molecule has 1 aliphatic carbocycles. The van der Waals surface area contributed by atoms with Gasteiger partial charge >= 0.3 is 0 Å². The van der Waals surface area contributed by atoms with Crippen LogP contribution in [0, 0.1) is 5.92 Å². The van der Waals surface area contributed by atoms with Crippen molar-refractivity contribution in [2.45, 2.75) is 49.5 Å². The Kier molecular flexibility index (Phi) is 5.66. The SMILES string of the molecule is O=C(C1CNCC12CCCc1nc(Cl)ccc12)N1CCC(c2ccccc2)CC1c1ncc[nH]1. The van der Waals surface area contributed by atoms with Crippen LogP contribution in [-0.2, 0) is 16.6 Å². The third-order valence-corrected chi connectivity index (χ3v) is 8.47. The fourth-order valence-electron chi connectivity index (χ4n) is 6.63. The molecule has 0 bridgehead atoms. The highest BCUT2D eigenvalue weighted by Crippen LogP contribution is 2.47. The summed E-state index contributed by atoms with van der Waals surface area (Å²) in [6.45, 7) is 2.25. The molecule has 4 unspecified atom stereocenters. The summed E-state index contributed by atoms with van der Waals surface area (Å²) in [5, 5.41) is 4.09. The third kappa shape index (κ3) is 3.64. The van der Waals surface area contributed by atoms with Crippen molar-refractivity contribution in [2.75, 3.05) is 19.6 Å². The Morgan fingerprint density at radius 1 is 1.18 bits per heavy atom. The average Bonchev–Trinajstić information content (AvgIpc) is 3.55. The second-order valence-corrected chi connectivity index (χ2v) is 10.4. The number of aromatic nitrogens is 3. The molecular formula is C27H30ClN5O. The number of likely N-dealkylation sites (tertiary alicyclic amines) is 1. The van der Waals surface area contributed by atoms with Crippen LogP contribution in [0.2, 0.25) is 5.15 Å². The lowest BCUT2D eigenvalue weighted by atomic mass is 9.65. The van der Waals surface area contributed by atoms with E-state index in [1.54, 1.807) is 6.20 Å². The molecule has 34 heavy (non-hydrogen) atoms. The summed E-state index contributed by atoms with van der Waals surface area (Å²) in [6.07, 6.45) is 8.45. The maximum atomic E-state index is 14.3. The molecule has 2 fully saturated rings. The van der Waals surface area contributed by atoms with Gasteiger partial charge in [-0.15, -0.1) is 0 Å². The van der Waals surface area contributed by atoms with Crippen molar-refractivity contribution in [1.82, 2.24) is 25.2 Å². The normalized spacial score (nSPS) is 28.7. The van der Waals surface area contributed by atoms with E-state index in [1.165, 1.54) is 11.1 Å². The van der Waals surface area contributed by atoms with E-state index in [9.17, 15) is 4.79 Å². The summed E-state index contributed by atoms with van der Waals surface area (Å²) in [5.74, 6) is 1.42. The van der Waals surface area contributed by atoms with Crippen molar-refractivity contribution in [3.05, 3.63) is 82.7 Å². The third-order valence-electron chi connectivity index (χ3n) is 8.26. The molecule has 2 aromatic heterocycles. The molecule has 6 rings (SSSR count). The van der Waals surface area contributed by atoms with Crippen molar-refractivity contribution in [3.8, 4) is 0 Å². The molecule has 1 aromatic carbocycles. The number of aryl methyl sites for hydroxylation is 1. The Labute approximate surface area is 205 Å². The molecule has 1 spiro atoms. The molecule has 2 N–H and O–H groups in total. The zero-order chi connectivity index (χ0) is 23.1. The Bertz CT molecular complexity index is 1170. The van der Waals surface area contributed by atoms with Gasteiger partial charge in [0.1, 0.15) is 11.0 Å². The van der Waals surface area contributed by atoms with Crippen molar-refractivity contribution in [1.29, 1.82) is 0 Å². The fraction of sp³-hybridized carbons (Fsp3) is 0.444. The molecule has 0 saturated carbocycles. The minimum Gasteiger partial charge on any atom is -0.347 e. The number of benzene rings is 1. The number of nitrogens with one attached hydrogen (secondary N) is 2. The van der Waals surface area contributed by atoms with Crippen LogP contribution in [0.15, 0.2) is 54.9 Å². The van der Waals surface area contributed by atoms with Crippen LogP contribution in [0.5, 0.6) is 0 Å². The number of fused-ring (bicyclic) bond motifs is 2. The van der Waals surface area contributed by atoms with Crippen LogP contribution in [0.1, 0.15) is 60.3 Å². The molecule has 176 valence electrons. The van der Waals surface area contributed by atoms with E-state index in [1.807, 2.05) is 12.3 Å². The molecule has 0 radical (unpaired) electrons. The van der Waals surface area contributed by atoms with Crippen LogP contribution in [0.4, 0.5) is 0 Å². The van der Waals surface area contributed by atoms with Crippen LogP contribution < -0.4 is 5.32 Å². The molecule has 2 aliphatic heterocycles. The Morgan fingerprint density at radius 3 is 2.88 bits per heavy atom. The van der Waals surface area contributed by atoms with E-state index >= 15 is 0 Å². The summed E-state index contributed by atoms with van der Waals surface area (Å²) >= 11 is 6.22. The standard InChI is InChI=1S/C27H30ClN5O/c28-24-9-8-20-22(32-24)7-4-11-27(20)17-29-16-21(27)26(34)33-14-10-19(18-5-2-1-3-6-18)15-23(33)25-30-12-13-31-25/h1-3,5-6,8-9,12-13,19,21,23,29H,4,7,10-11,14-17H2,(H,30,31). The number of aromatic amines is 1. The number of piperidine rings is 1. The minimum atomic E-state index is -0.216. The predicted molar refractivity (Wildman–Crippen MR) is 132 cm³/mol.